The Kier molecular flexibility index (Phi) is 5.89. The number of methoxy groups -OCH3 is 1. The zero-order chi connectivity index (χ0) is 21.6. The first-order valence-electron chi connectivity index (χ1n) is 9.38. The van der Waals surface area contributed by atoms with Gasteiger partial charge in [-0.2, -0.15) is 4.98 Å². The van der Waals surface area contributed by atoms with Crippen molar-refractivity contribution in [3.05, 3.63) is 78.6 Å². The van der Waals surface area contributed by atoms with Crippen molar-refractivity contribution in [2.75, 3.05) is 19.0 Å². The van der Waals surface area contributed by atoms with Crippen LogP contribution in [0.15, 0.2) is 77.3 Å². The molecule has 1 N–H and O–H groups in total. The van der Waals surface area contributed by atoms with E-state index in [1.165, 1.54) is 12.1 Å². The second-order valence-electron chi connectivity index (χ2n) is 6.49. The third kappa shape index (κ3) is 4.87. The number of aromatic nitrogens is 2. The molecule has 0 radical (unpaired) electrons. The van der Waals surface area contributed by atoms with Gasteiger partial charge in [-0.3, -0.25) is 4.79 Å². The van der Waals surface area contributed by atoms with Crippen LogP contribution in [-0.2, 0) is 4.79 Å². The topological polar surface area (TPSA) is 86.5 Å². The fourth-order valence-electron chi connectivity index (χ4n) is 2.83. The van der Waals surface area contributed by atoms with Crippen molar-refractivity contribution >= 4 is 11.6 Å². The summed E-state index contributed by atoms with van der Waals surface area (Å²) < 4.78 is 29.2. The maximum Gasteiger partial charge on any atom is 0.262 e. The van der Waals surface area contributed by atoms with E-state index in [9.17, 15) is 9.18 Å². The molecule has 1 amide bonds. The van der Waals surface area contributed by atoms with Crippen LogP contribution in [0.1, 0.15) is 0 Å². The van der Waals surface area contributed by atoms with Crippen LogP contribution < -0.4 is 14.8 Å². The average Bonchev–Trinajstić information content (AvgIpc) is 3.29. The Hall–Kier alpha value is -4.20. The summed E-state index contributed by atoms with van der Waals surface area (Å²) in [6.45, 7) is -0.203. The summed E-state index contributed by atoms with van der Waals surface area (Å²) in [6.07, 6.45) is 0. The van der Waals surface area contributed by atoms with E-state index < -0.39 is 0 Å². The Labute approximate surface area is 177 Å². The molecule has 3 aromatic carbocycles. The molecule has 31 heavy (non-hydrogen) atoms. The molecule has 0 aliphatic heterocycles. The standard InChI is InChI=1S/C23H18FN3O4/c1-29-18-12-10-17(11-13-18)25-21(28)14-30-20-5-3-2-4-19(20)22-26-23(31-27-22)15-6-8-16(24)9-7-15/h2-13H,14H2,1H3,(H,25,28). The summed E-state index contributed by atoms with van der Waals surface area (Å²) in [5, 5.41) is 6.74. The molecule has 0 aliphatic rings. The molecule has 1 heterocycles. The van der Waals surface area contributed by atoms with Crippen LogP contribution in [0.2, 0.25) is 0 Å². The molecule has 7 nitrogen and oxygen atoms in total. The molecule has 0 saturated carbocycles. The number of hydrogen-bond donors (Lipinski definition) is 1. The van der Waals surface area contributed by atoms with Crippen molar-refractivity contribution < 1.29 is 23.2 Å². The number of nitrogens with one attached hydrogen (secondary N) is 1. The lowest BCUT2D eigenvalue weighted by Gasteiger charge is -2.10. The number of para-hydroxylation sites is 1. The summed E-state index contributed by atoms with van der Waals surface area (Å²) >= 11 is 0. The van der Waals surface area contributed by atoms with Gasteiger partial charge in [0.1, 0.15) is 17.3 Å². The van der Waals surface area contributed by atoms with Gasteiger partial charge in [0.05, 0.1) is 12.7 Å². The third-order valence-electron chi connectivity index (χ3n) is 4.38. The van der Waals surface area contributed by atoms with Crippen LogP contribution in [0.5, 0.6) is 11.5 Å². The Morgan fingerprint density at radius 2 is 1.77 bits per heavy atom. The summed E-state index contributed by atoms with van der Waals surface area (Å²) in [5.41, 5.74) is 1.79. The highest BCUT2D eigenvalue weighted by Crippen LogP contribution is 2.29. The monoisotopic (exact) mass is 419 g/mol. The lowest BCUT2D eigenvalue weighted by atomic mass is 10.2. The van der Waals surface area contributed by atoms with Crippen LogP contribution in [0.25, 0.3) is 22.8 Å². The van der Waals surface area contributed by atoms with Crippen LogP contribution in [0, 0.1) is 5.82 Å². The smallest absolute Gasteiger partial charge is 0.262 e. The molecule has 0 atom stereocenters. The predicted octanol–water partition coefficient (Wildman–Crippen LogP) is 4.57. The molecule has 4 aromatic rings. The number of hydrogen-bond acceptors (Lipinski definition) is 6. The molecule has 0 saturated heterocycles. The first kappa shape index (κ1) is 20.1. The first-order chi connectivity index (χ1) is 15.1. The molecule has 0 unspecified atom stereocenters. The van der Waals surface area contributed by atoms with Gasteiger partial charge in [-0.25, -0.2) is 4.39 Å². The van der Waals surface area contributed by atoms with E-state index in [2.05, 4.69) is 15.5 Å². The number of rotatable bonds is 7. The minimum absolute atomic E-state index is 0.203. The SMILES string of the molecule is COc1ccc(NC(=O)COc2ccccc2-c2noc(-c3ccc(F)cc3)n2)cc1. The fraction of sp³-hybridized carbons (Fsp3) is 0.0870. The Bertz CT molecular complexity index is 1170. The third-order valence-corrected chi connectivity index (χ3v) is 4.38. The van der Waals surface area contributed by atoms with Gasteiger partial charge in [-0.1, -0.05) is 17.3 Å². The number of nitrogens with zero attached hydrogens (tertiary/aromatic N) is 2. The highest BCUT2D eigenvalue weighted by molar-refractivity contribution is 5.92. The molecule has 156 valence electrons. The highest BCUT2D eigenvalue weighted by Gasteiger charge is 2.15. The van der Waals surface area contributed by atoms with E-state index in [4.69, 9.17) is 14.0 Å². The molecule has 4 rings (SSSR count). The number of ether oxygens (including phenoxy) is 2. The van der Waals surface area contributed by atoms with Gasteiger partial charge >= 0.3 is 0 Å². The van der Waals surface area contributed by atoms with Gasteiger partial charge < -0.3 is 19.3 Å². The molecule has 1 aromatic heterocycles. The second kappa shape index (κ2) is 9.08. The van der Waals surface area contributed by atoms with E-state index >= 15 is 0 Å². The van der Waals surface area contributed by atoms with Gasteiger partial charge in [0, 0.05) is 11.3 Å². The zero-order valence-corrected chi connectivity index (χ0v) is 16.5. The van der Waals surface area contributed by atoms with Crippen LogP contribution in [0.3, 0.4) is 0 Å². The van der Waals surface area contributed by atoms with Crippen LogP contribution in [0.4, 0.5) is 10.1 Å². The number of anilines is 1. The number of amides is 1. The number of carbonyl (C=O) groups is 1. The largest absolute Gasteiger partial charge is 0.497 e. The molecule has 0 bridgehead atoms. The van der Waals surface area contributed by atoms with Crippen LogP contribution >= 0.6 is 0 Å². The second-order valence-corrected chi connectivity index (χ2v) is 6.49. The van der Waals surface area contributed by atoms with E-state index in [-0.39, 0.29) is 24.2 Å². The fourth-order valence-corrected chi connectivity index (χ4v) is 2.83. The van der Waals surface area contributed by atoms with E-state index in [0.29, 0.717) is 34.1 Å². The molecular weight excluding hydrogens is 401 g/mol. The van der Waals surface area contributed by atoms with Crippen LogP contribution in [-0.4, -0.2) is 29.8 Å². The highest BCUT2D eigenvalue weighted by atomic mass is 19.1. The Balaban J connectivity index is 1.45. The quantitative estimate of drug-likeness (QED) is 0.472. The van der Waals surface area contributed by atoms with Gasteiger partial charge in [0.25, 0.3) is 11.8 Å². The molecule has 0 spiro atoms. The molecule has 0 aliphatic carbocycles. The van der Waals surface area contributed by atoms with Gasteiger partial charge in [-0.15, -0.1) is 0 Å². The minimum atomic E-state index is -0.352. The average molecular weight is 419 g/mol. The van der Waals surface area contributed by atoms with Crippen molar-refractivity contribution in [3.63, 3.8) is 0 Å². The molecule has 8 heteroatoms. The van der Waals surface area contributed by atoms with Gasteiger partial charge in [0.15, 0.2) is 6.61 Å². The van der Waals surface area contributed by atoms with Crippen molar-refractivity contribution in [2.24, 2.45) is 0 Å². The van der Waals surface area contributed by atoms with Gasteiger partial charge in [-0.05, 0) is 60.7 Å². The maximum absolute atomic E-state index is 13.1. The molecule has 0 fully saturated rings. The van der Waals surface area contributed by atoms with Crippen molar-refractivity contribution in [1.82, 2.24) is 10.1 Å². The zero-order valence-electron chi connectivity index (χ0n) is 16.5. The summed E-state index contributed by atoms with van der Waals surface area (Å²) in [4.78, 5) is 16.6. The van der Waals surface area contributed by atoms with Crippen molar-refractivity contribution in [3.8, 4) is 34.3 Å². The Morgan fingerprint density at radius 3 is 2.52 bits per heavy atom. The van der Waals surface area contributed by atoms with Crippen molar-refractivity contribution in [1.29, 1.82) is 0 Å². The number of halogens is 1. The van der Waals surface area contributed by atoms with Gasteiger partial charge in [0.2, 0.25) is 5.82 Å². The minimum Gasteiger partial charge on any atom is -0.497 e. The first-order valence-corrected chi connectivity index (χ1v) is 9.38. The molecular formula is C23H18FN3O4. The summed E-state index contributed by atoms with van der Waals surface area (Å²) in [7, 11) is 1.57. The number of benzene rings is 3. The number of carbonyl (C=O) groups excluding carboxylic acids is 1. The normalized spacial score (nSPS) is 10.5. The van der Waals surface area contributed by atoms with E-state index in [1.54, 1.807) is 67.8 Å². The Morgan fingerprint density at radius 1 is 1.03 bits per heavy atom. The van der Waals surface area contributed by atoms with E-state index in [1.807, 2.05) is 0 Å². The van der Waals surface area contributed by atoms with Crippen molar-refractivity contribution in [2.45, 2.75) is 0 Å². The van der Waals surface area contributed by atoms with E-state index in [0.717, 1.165) is 0 Å². The maximum atomic E-state index is 13.1. The predicted molar refractivity (Wildman–Crippen MR) is 112 cm³/mol. The lowest BCUT2D eigenvalue weighted by Crippen LogP contribution is -2.20. The lowest BCUT2D eigenvalue weighted by molar-refractivity contribution is -0.118. The summed E-state index contributed by atoms with van der Waals surface area (Å²) in [5.74, 6) is 1.00. The summed E-state index contributed by atoms with van der Waals surface area (Å²) in [6, 6.07) is 19.8.